The first-order valence-electron chi connectivity index (χ1n) is 5.50. The van der Waals surface area contributed by atoms with Crippen LogP contribution in [-0.4, -0.2) is 27.2 Å². The van der Waals surface area contributed by atoms with E-state index in [-0.39, 0.29) is 16.1 Å². The van der Waals surface area contributed by atoms with Crippen LogP contribution >= 0.6 is 11.6 Å². The minimum atomic E-state index is -4.46. The van der Waals surface area contributed by atoms with Gasteiger partial charge in [0.1, 0.15) is 5.82 Å². The average Bonchev–Trinajstić information content (AvgIpc) is 2.29. The number of halogens is 4. The summed E-state index contributed by atoms with van der Waals surface area (Å²) in [5.41, 5.74) is -0.883. The molecular weight excluding hydrogens is 301 g/mol. The first-order valence-corrected chi connectivity index (χ1v) is 7.50. The molecule has 2 atom stereocenters. The van der Waals surface area contributed by atoms with Crippen LogP contribution in [0.4, 0.5) is 19.0 Å². The molecular formula is C11H14ClF3N2OS. The Bertz CT molecular complexity index is 468. The molecule has 2 unspecified atom stereocenters. The van der Waals surface area contributed by atoms with E-state index in [2.05, 4.69) is 10.3 Å². The van der Waals surface area contributed by atoms with Crippen molar-refractivity contribution >= 4 is 28.2 Å². The highest BCUT2D eigenvalue weighted by Gasteiger charge is 2.31. The molecule has 0 saturated heterocycles. The molecule has 0 bridgehead atoms. The summed E-state index contributed by atoms with van der Waals surface area (Å²) in [5.74, 6) is 0.198. The summed E-state index contributed by atoms with van der Waals surface area (Å²) in [6.07, 6.45) is -1.51. The molecule has 8 heteroatoms. The Hall–Kier alpha value is -0.820. The lowest BCUT2D eigenvalue weighted by Crippen LogP contribution is -2.15. The second-order valence-electron chi connectivity index (χ2n) is 4.08. The molecule has 3 nitrogen and oxygen atoms in total. The highest BCUT2D eigenvalue weighted by Crippen LogP contribution is 2.32. The van der Waals surface area contributed by atoms with Crippen LogP contribution in [0.2, 0.25) is 5.02 Å². The number of hydrogen-bond donors (Lipinski definition) is 1. The molecule has 0 saturated carbocycles. The van der Waals surface area contributed by atoms with Crippen LogP contribution in [0.25, 0.3) is 0 Å². The van der Waals surface area contributed by atoms with Crippen molar-refractivity contribution in [2.45, 2.75) is 24.8 Å². The molecule has 0 aliphatic rings. The van der Waals surface area contributed by atoms with Gasteiger partial charge in [-0.05, 0) is 12.5 Å². The van der Waals surface area contributed by atoms with Crippen molar-refractivity contribution in [3.8, 4) is 0 Å². The zero-order valence-corrected chi connectivity index (χ0v) is 12.0. The van der Waals surface area contributed by atoms with Gasteiger partial charge >= 0.3 is 6.18 Å². The van der Waals surface area contributed by atoms with Crippen LogP contribution in [0.5, 0.6) is 0 Å². The van der Waals surface area contributed by atoms with Gasteiger partial charge in [-0.3, -0.25) is 4.21 Å². The maximum Gasteiger partial charge on any atom is 0.417 e. The highest BCUT2D eigenvalue weighted by molar-refractivity contribution is 7.84. The van der Waals surface area contributed by atoms with E-state index >= 15 is 0 Å². The van der Waals surface area contributed by atoms with Crippen LogP contribution < -0.4 is 5.32 Å². The summed E-state index contributed by atoms with van der Waals surface area (Å²) in [4.78, 5) is 3.65. The standard InChI is InChI=1S/C11H14ClF3N2OS/c1-7(19(2)18)3-4-16-10-9(12)5-8(6-17-10)11(13,14)15/h5-7H,3-4H2,1-2H3,(H,16,17). The van der Waals surface area contributed by atoms with E-state index in [4.69, 9.17) is 11.6 Å². The van der Waals surface area contributed by atoms with Crippen molar-refractivity contribution in [1.82, 2.24) is 4.98 Å². The van der Waals surface area contributed by atoms with Gasteiger partial charge in [0.05, 0.1) is 10.6 Å². The maximum absolute atomic E-state index is 12.4. The van der Waals surface area contributed by atoms with Crippen LogP contribution in [0.3, 0.4) is 0 Å². The smallest absolute Gasteiger partial charge is 0.369 e. The normalized spacial score (nSPS) is 15.1. The Morgan fingerprint density at radius 3 is 2.63 bits per heavy atom. The fourth-order valence-corrected chi connectivity index (χ4v) is 1.97. The average molecular weight is 315 g/mol. The molecule has 1 N–H and O–H groups in total. The number of aromatic nitrogens is 1. The molecule has 1 aromatic heterocycles. The van der Waals surface area contributed by atoms with Crippen molar-refractivity contribution < 1.29 is 17.4 Å². The Morgan fingerprint density at radius 1 is 1.53 bits per heavy atom. The fourth-order valence-electron chi connectivity index (χ4n) is 1.28. The van der Waals surface area contributed by atoms with Gasteiger partial charge in [0, 0.05) is 35.0 Å². The second kappa shape index (κ2) is 6.56. The topological polar surface area (TPSA) is 42.0 Å². The van der Waals surface area contributed by atoms with Crippen LogP contribution in [0, 0.1) is 0 Å². The summed E-state index contributed by atoms with van der Waals surface area (Å²) in [7, 11) is -0.931. The van der Waals surface area contributed by atoms with Gasteiger partial charge in [0.2, 0.25) is 0 Å². The molecule has 1 rings (SSSR count). The predicted molar refractivity (Wildman–Crippen MR) is 70.9 cm³/mol. The molecule has 0 aliphatic heterocycles. The largest absolute Gasteiger partial charge is 0.417 e. The predicted octanol–water partition coefficient (Wildman–Crippen LogP) is 3.32. The van der Waals surface area contributed by atoms with E-state index in [9.17, 15) is 17.4 Å². The number of alkyl halides is 3. The first kappa shape index (κ1) is 16.2. The van der Waals surface area contributed by atoms with Crippen molar-refractivity contribution in [2.24, 2.45) is 0 Å². The molecule has 108 valence electrons. The Morgan fingerprint density at radius 2 is 2.16 bits per heavy atom. The summed E-state index contributed by atoms with van der Waals surface area (Å²) >= 11 is 5.73. The van der Waals surface area contributed by atoms with Crippen molar-refractivity contribution in [2.75, 3.05) is 18.1 Å². The molecule has 1 aromatic rings. The van der Waals surface area contributed by atoms with Crippen molar-refractivity contribution in [1.29, 1.82) is 0 Å². The molecule has 19 heavy (non-hydrogen) atoms. The lowest BCUT2D eigenvalue weighted by atomic mass is 10.2. The minimum absolute atomic E-state index is 0.000670. The van der Waals surface area contributed by atoms with E-state index < -0.39 is 22.5 Å². The number of rotatable bonds is 5. The molecule has 0 amide bonds. The summed E-state index contributed by atoms with van der Waals surface area (Å²) in [5, 5.41) is 2.75. The lowest BCUT2D eigenvalue weighted by Gasteiger charge is -2.12. The van der Waals surface area contributed by atoms with Gasteiger partial charge in [-0.15, -0.1) is 0 Å². The third-order valence-electron chi connectivity index (χ3n) is 2.58. The van der Waals surface area contributed by atoms with E-state index in [1.807, 2.05) is 6.92 Å². The number of nitrogens with one attached hydrogen (secondary N) is 1. The van der Waals surface area contributed by atoms with Crippen molar-refractivity contribution in [3.63, 3.8) is 0 Å². The summed E-state index contributed by atoms with van der Waals surface area (Å²) in [6.45, 7) is 2.28. The van der Waals surface area contributed by atoms with E-state index in [0.29, 0.717) is 13.0 Å². The molecule has 0 radical (unpaired) electrons. The lowest BCUT2D eigenvalue weighted by molar-refractivity contribution is -0.137. The van der Waals surface area contributed by atoms with E-state index in [1.54, 1.807) is 6.26 Å². The summed E-state index contributed by atoms with van der Waals surface area (Å²) < 4.78 is 48.3. The highest BCUT2D eigenvalue weighted by atomic mass is 35.5. The van der Waals surface area contributed by atoms with Crippen LogP contribution in [0.15, 0.2) is 12.3 Å². The van der Waals surface area contributed by atoms with Crippen LogP contribution in [0.1, 0.15) is 18.9 Å². The Labute approximate surface area is 117 Å². The second-order valence-corrected chi connectivity index (χ2v) is 6.29. The quantitative estimate of drug-likeness (QED) is 0.906. The number of hydrogen-bond acceptors (Lipinski definition) is 3. The molecule has 0 fully saturated rings. The fraction of sp³-hybridized carbons (Fsp3) is 0.545. The number of nitrogens with zero attached hydrogens (tertiary/aromatic N) is 1. The van der Waals surface area contributed by atoms with Crippen molar-refractivity contribution in [3.05, 3.63) is 22.8 Å². The number of anilines is 1. The van der Waals surface area contributed by atoms with Gasteiger partial charge in [-0.1, -0.05) is 18.5 Å². The third kappa shape index (κ3) is 4.99. The van der Waals surface area contributed by atoms with Gasteiger partial charge in [-0.25, -0.2) is 4.98 Å². The number of pyridine rings is 1. The monoisotopic (exact) mass is 314 g/mol. The zero-order chi connectivity index (χ0) is 14.6. The molecule has 1 heterocycles. The Balaban J connectivity index is 2.63. The van der Waals surface area contributed by atoms with E-state index in [1.165, 1.54) is 0 Å². The van der Waals surface area contributed by atoms with Gasteiger partial charge in [-0.2, -0.15) is 13.2 Å². The maximum atomic E-state index is 12.4. The summed E-state index contributed by atoms with van der Waals surface area (Å²) in [6, 6.07) is 0.832. The first-order chi connectivity index (χ1) is 8.71. The van der Waals surface area contributed by atoms with Gasteiger partial charge in [0.15, 0.2) is 0 Å². The molecule has 0 spiro atoms. The SMILES string of the molecule is CC(CCNc1ncc(C(F)(F)F)cc1Cl)S(C)=O. The van der Waals surface area contributed by atoms with Gasteiger partial charge < -0.3 is 5.32 Å². The molecule has 0 aromatic carbocycles. The third-order valence-corrected chi connectivity index (χ3v) is 4.24. The van der Waals surface area contributed by atoms with E-state index in [0.717, 1.165) is 12.3 Å². The van der Waals surface area contributed by atoms with Crippen LogP contribution in [-0.2, 0) is 17.0 Å². The zero-order valence-electron chi connectivity index (χ0n) is 10.4. The minimum Gasteiger partial charge on any atom is -0.369 e. The van der Waals surface area contributed by atoms with Gasteiger partial charge in [0.25, 0.3) is 0 Å². The Kier molecular flexibility index (Phi) is 5.61. The molecule has 0 aliphatic carbocycles.